The topological polar surface area (TPSA) is 67.6 Å². The molecule has 0 saturated carbocycles. The van der Waals surface area contributed by atoms with Crippen molar-refractivity contribution >= 4 is 15.8 Å². The molecular weight excluding hydrogens is 324 g/mol. The average molecular weight is 342 g/mol. The molecule has 1 atom stereocenters. The lowest BCUT2D eigenvalue weighted by molar-refractivity contribution is 0.251. The van der Waals surface area contributed by atoms with Crippen molar-refractivity contribution in [3.8, 4) is 0 Å². The van der Waals surface area contributed by atoms with Crippen molar-refractivity contribution in [1.29, 1.82) is 0 Å². The van der Waals surface area contributed by atoms with Gasteiger partial charge in [-0.15, -0.1) is 0 Å². The van der Waals surface area contributed by atoms with Gasteiger partial charge in [-0.1, -0.05) is 24.6 Å². The maximum absolute atomic E-state index is 13.1. The molecule has 7 heteroatoms. The lowest BCUT2D eigenvalue weighted by Crippen LogP contribution is -2.38. The van der Waals surface area contributed by atoms with E-state index in [1.54, 1.807) is 34.8 Å². The summed E-state index contributed by atoms with van der Waals surface area (Å²) in [4.78, 5) is 9.10. The fraction of sp³-hybridized carbons (Fsp3) is 0.294. The Balaban J connectivity index is 1.75. The van der Waals surface area contributed by atoms with E-state index < -0.39 is 10.0 Å². The minimum absolute atomic E-state index is 0.245. The van der Waals surface area contributed by atoms with E-state index in [0.717, 1.165) is 25.0 Å². The number of sulfonamides is 1. The van der Waals surface area contributed by atoms with Crippen LogP contribution < -0.4 is 0 Å². The van der Waals surface area contributed by atoms with Crippen molar-refractivity contribution in [3.63, 3.8) is 0 Å². The maximum Gasteiger partial charge on any atom is 0.243 e. The Labute approximate surface area is 140 Å². The normalized spacial score (nSPS) is 19.6. The quantitative estimate of drug-likeness (QED) is 0.734. The van der Waals surface area contributed by atoms with Gasteiger partial charge in [0.1, 0.15) is 0 Å². The van der Waals surface area contributed by atoms with Gasteiger partial charge in [0.05, 0.1) is 16.6 Å². The van der Waals surface area contributed by atoms with Gasteiger partial charge in [0.2, 0.25) is 15.8 Å². The predicted molar refractivity (Wildman–Crippen MR) is 89.9 cm³/mol. The summed E-state index contributed by atoms with van der Waals surface area (Å²) >= 11 is 0. The first-order valence-electron chi connectivity index (χ1n) is 8.03. The van der Waals surface area contributed by atoms with Crippen molar-refractivity contribution in [1.82, 2.24) is 18.7 Å². The minimum Gasteiger partial charge on any atom is -0.291 e. The first-order valence-corrected chi connectivity index (χ1v) is 9.47. The molecule has 2 aromatic heterocycles. The molecule has 0 spiro atoms. The molecule has 1 aliphatic heterocycles. The fourth-order valence-corrected chi connectivity index (χ4v) is 4.91. The molecule has 0 radical (unpaired) electrons. The molecule has 6 nitrogen and oxygen atoms in total. The van der Waals surface area contributed by atoms with Crippen LogP contribution in [0.3, 0.4) is 0 Å². The van der Waals surface area contributed by atoms with Crippen LogP contribution in [0.4, 0.5) is 0 Å². The zero-order valence-corrected chi connectivity index (χ0v) is 13.9. The van der Waals surface area contributed by atoms with Gasteiger partial charge >= 0.3 is 0 Å². The molecule has 4 rings (SSSR count). The fourth-order valence-electron chi connectivity index (χ4n) is 3.22. The number of piperidine rings is 1. The largest absolute Gasteiger partial charge is 0.291 e. The number of nitrogens with zero attached hydrogens (tertiary/aromatic N) is 4. The average Bonchev–Trinajstić information content (AvgIpc) is 3.10. The molecule has 1 fully saturated rings. The van der Waals surface area contributed by atoms with E-state index in [2.05, 4.69) is 9.97 Å². The number of rotatable bonds is 3. The van der Waals surface area contributed by atoms with Crippen LogP contribution in [-0.4, -0.2) is 33.6 Å². The van der Waals surface area contributed by atoms with Crippen molar-refractivity contribution < 1.29 is 8.42 Å². The van der Waals surface area contributed by atoms with Crippen LogP contribution in [-0.2, 0) is 10.0 Å². The van der Waals surface area contributed by atoms with Crippen molar-refractivity contribution in [3.05, 3.63) is 60.7 Å². The molecule has 0 unspecified atom stereocenters. The summed E-state index contributed by atoms with van der Waals surface area (Å²) in [6, 6.07) is 10.3. The standard InChI is InChI=1S/C17H18N4O2S/c22-24(23,14-6-2-1-3-7-14)21-11-5-4-8-16(21)15-9-12-20-13-10-18-17(20)19-15/h1-3,6-7,9-10,12-13,16H,4-5,8,11H2/t16-/m1/s1. The summed E-state index contributed by atoms with van der Waals surface area (Å²) in [5.74, 6) is 0.593. The third-order valence-corrected chi connectivity index (χ3v) is 6.35. The monoisotopic (exact) mass is 342 g/mol. The van der Waals surface area contributed by atoms with Crippen LogP contribution >= 0.6 is 0 Å². The Hall–Kier alpha value is -2.25. The number of aromatic nitrogens is 3. The third-order valence-electron chi connectivity index (χ3n) is 4.43. The lowest BCUT2D eigenvalue weighted by atomic mass is 10.0. The SMILES string of the molecule is O=S(=O)(c1ccccc1)N1CCCC[C@@H]1c1ccn2ccnc2n1. The van der Waals surface area contributed by atoms with Crippen LogP contribution in [0, 0.1) is 0 Å². The number of benzene rings is 1. The molecular formula is C17H18N4O2S. The van der Waals surface area contributed by atoms with Gasteiger partial charge in [0.15, 0.2) is 0 Å². The zero-order chi connectivity index (χ0) is 16.6. The second-order valence-corrected chi connectivity index (χ2v) is 7.82. The van der Waals surface area contributed by atoms with E-state index in [-0.39, 0.29) is 6.04 Å². The van der Waals surface area contributed by atoms with Gasteiger partial charge in [-0.2, -0.15) is 4.31 Å². The Bertz CT molecular complexity index is 953. The molecule has 124 valence electrons. The highest BCUT2D eigenvalue weighted by molar-refractivity contribution is 7.89. The Kier molecular flexibility index (Phi) is 3.82. The van der Waals surface area contributed by atoms with Crippen molar-refractivity contribution in [2.45, 2.75) is 30.2 Å². The summed E-state index contributed by atoms with van der Waals surface area (Å²) in [5.41, 5.74) is 0.757. The van der Waals surface area contributed by atoms with E-state index in [1.165, 1.54) is 0 Å². The second-order valence-electron chi connectivity index (χ2n) is 5.93. The van der Waals surface area contributed by atoms with E-state index in [0.29, 0.717) is 17.2 Å². The first kappa shape index (κ1) is 15.3. The molecule has 0 bridgehead atoms. The summed E-state index contributed by atoms with van der Waals surface area (Å²) in [5, 5.41) is 0. The third kappa shape index (κ3) is 2.59. The van der Waals surface area contributed by atoms with Crippen LogP contribution in [0.5, 0.6) is 0 Å². The highest BCUT2D eigenvalue weighted by Crippen LogP contribution is 2.34. The minimum atomic E-state index is -3.53. The molecule has 3 heterocycles. The number of hydrogen-bond acceptors (Lipinski definition) is 4. The molecule has 1 saturated heterocycles. The molecule has 24 heavy (non-hydrogen) atoms. The van der Waals surface area contributed by atoms with Gasteiger partial charge < -0.3 is 0 Å². The summed E-state index contributed by atoms with van der Waals surface area (Å²) < 4.78 is 29.5. The van der Waals surface area contributed by atoms with Crippen LogP contribution in [0.2, 0.25) is 0 Å². The van der Waals surface area contributed by atoms with Gasteiger partial charge in [-0.25, -0.2) is 18.4 Å². The smallest absolute Gasteiger partial charge is 0.243 e. The molecule has 1 aliphatic rings. The van der Waals surface area contributed by atoms with Gasteiger partial charge in [-0.3, -0.25) is 4.40 Å². The summed E-state index contributed by atoms with van der Waals surface area (Å²) in [7, 11) is -3.53. The lowest BCUT2D eigenvalue weighted by Gasteiger charge is -2.34. The van der Waals surface area contributed by atoms with Crippen LogP contribution in [0.15, 0.2) is 59.9 Å². The highest BCUT2D eigenvalue weighted by atomic mass is 32.2. The molecule has 3 aromatic rings. The Morgan fingerprint density at radius 3 is 2.71 bits per heavy atom. The van der Waals surface area contributed by atoms with Crippen molar-refractivity contribution in [2.75, 3.05) is 6.54 Å². The maximum atomic E-state index is 13.1. The van der Waals surface area contributed by atoms with E-state index in [1.807, 2.05) is 28.9 Å². The van der Waals surface area contributed by atoms with Gasteiger partial charge in [0, 0.05) is 25.1 Å². The number of fused-ring (bicyclic) bond motifs is 1. The zero-order valence-electron chi connectivity index (χ0n) is 13.1. The molecule has 0 amide bonds. The van der Waals surface area contributed by atoms with Gasteiger partial charge in [-0.05, 0) is 31.0 Å². The van der Waals surface area contributed by atoms with E-state index in [9.17, 15) is 8.42 Å². The highest BCUT2D eigenvalue weighted by Gasteiger charge is 2.35. The predicted octanol–water partition coefficient (Wildman–Crippen LogP) is 2.65. The van der Waals surface area contributed by atoms with Crippen molar-refractivity contribution in [2.24, 2.45) is 0 Å². The first-order chi connectivity index (χ1) is 11.7. The second kappa shape index (κ2) is 5.99. The van der Waals surface area contributed by atoms with Crippen LogP contribution in [0.25, 0.3) is 5.78 Å². The molecule has 0 aliphatic carbocycles. The Morgan fingerprint density at radius 1 is 1.04 bits per heavy atom. The number of hydrogen-bond donors (Lipinski definition) is 0. The molecule has 1 aromatic carbocycles. The van der Waals surface area contributed by atoms with E-state index in [4.69, 9.17) is 0 Å². The summed E-state index contributed by atoms with van der Waals surface area (Å²) in [6.45, 7) is 0.517. The molecule has 0 N–H and O–H groups in total. The van der Waals surface area contributed by atoms with Gasteiger partial charge in [0.25, 0.3) is 0 Å². The summed E-state index contributed by atoms with van der Waals surface area (Å²) in [6.07, 6.45) is 8.03. The number of imidazole rings is 1. The Morgan fingerprint density at radius 2 is 1.88 bits per heavy atom. The van der Waals surface area contributed by atoms with E-state index >= 15 is 0 Å². The van der Waals surface area contributed by atoms with Crippen LogP contribution in [0.1, 0.15) is 31.0 Å².